The normalized spacial score (nSPS) is 19.2. The molecule has 2 rings (SSSR count). The Hall–Kier alpha value is -0.721. The zero-order valence-corrected chi connectivity index (χ0v) is 14.2. The van der Waals surface area contributed by atoms with Crippen LogP contribution in [0.3, 0.4) is 0 Å². The largest absolute Gasteiger partial charge is 0.753 e. The zero-order chi connectivity index (χ0) is 16.1. The minimum absolute atomic E-state index is 0. The summed E-state index contributed by atoms with van der Waals surface area (Å²) in [6.07, 6.45) is 8.09. The third-order valence-corrected chi connectivity index (χ3v) is 2.83. The SMILES string of the molecule is OC(O)(C1=CC=CC[N-]1)C1CCCC[N-]1.[Cu].[N-]=C=S.[N-]=C=S. The summed E-state index contributed by atoms with van der Waals surface area (Å²) in [4.78, 5) is 0. The van der Waals surface area contributed by atoms with Crippen LogP contribution >= 0.6 is 24.4 Å². The van der Waals surface area contributed by atoms with E-state index in [-0.39, 0.29) is 17.1 Å². The van der Waals surface area contributed by atoms with Gasteiger partial charge in [-0.15, -0.1) is 24.9 Å². The summed E-state index contributed by atoms with van der Waals surface area (Å²) in [5.41, 5.74) is 0.334. The van der Waals surface area contributed by atoms with Gasteiger partial charge in [-0.25, -0.2) is 0 Å². The van der Waals surface area contributed by atoms with Crippen molar-refractivity contribution in [2.24, 2.45) is 0 Å². The molecule has 2 aliphatic heterocycles. The zero-order valence-electron chi connectivity index (χ0n) is 11.6. The quantitative estimate of drug-likeness (QED) is 0.328. The topological polar surface area (TPSA) is 113 Å². The van der Waals surface area contributed by atoms with Gasteiger partial charge in [0, 0.05) is 17.1 Å². The predicted molar refractivity (Wildman–Crippen MR) is 90.4 cm³/mol. The maximum absolute atomic E-state index is 10.0. The molecule has 1 atom stereocenters. The van der Waals surface area contributed by atoms with Gasteiger partial charge in [0.25, 0.3) is 0 Å². The average molecular weight is 388 g/mol. The fraction of sp³-hybridized carbons (Fsp3) is 0.538. The van der Waals surface area contributed by atoms with Crippen LogP contribution in [0.5, 0.6) is 0 Å². The second kappa shape index (κ2) is 13.9. The Kier molecular flexibility index (Phi) is 14.9. The third kappa shape index (κ3) is 8.66. The number of isothiocyanates is 2. The summed E-state index contributed by atoms with van der Waals surface area (Å²) in [6.45, 7) is 1.23. The fourth-order valence-electron chi connectivity index (χ4n) is 1.95. The van der Waals surface area contributed by atoms with Crippen molar-refractivity contribution in [1.82, 2.24) is 0 Å². The number of nitrogens with zero attached hydrogens (tertiary/aromatic N) is 4. The van der Waals surface area contributed by atoms with Crippen molar-refractivity contribution >= 4 is 34.8 Å². The van der Waals surface area contributed by atoms with Gasteiger partial charge < -0.3 is 31.7 Å². The van der Waals surface area contributed by atoms with Crippen molar-refractivity contribution in [3.05, 3.63) is 45.4 Å². The van der Waals surface area contributed by atoms with E-state index in [0.29, 0.717) is 12.2 Å². The minimum atomic E-state index is -1.88. The first kappa shape index (κ1) is 23.5. The van der Waals surface area contributed by atoms with Crippen LogP contribution in [0.4, 0.5) is 0 Å². The van der Waals surface area contributed by atoms with E-state index in [2.05, 4.69) is 35.1 Å². The predicted octanol–water partition coefficient (Wildman–Crippen LogP) is 2.74. The molecule has 0 spiro atoms. The van der Waals surface area contributed by atoms with Crippen molar-refractivity contribution < 1.29 is 27.3 Å². The molecule has 2 N–H and O–H groups in total. The van der Waals surface area contributed by atoms with Gasteiger partial charge in [0.1, 0.15) is 0 Å². The van der Waals surface area contributed by atoms with Gasteiger partial charge >= 0.3 is 0 Å². The summed E-state index contributed by atoms with van der Waals surface area (Å²) < 4.78 is 0. The molecular formula is C13H16CuN4O2S2-4. The van der Waals surface area contributed by atoms with E-state index in [9.17, 15) is 10.2 Å². The number of allylic oxidation sites excluding steroid dienone is 2. The minimum Gasteiger partial charge on any atom is -0.753 e. The first-order valence-electron chi connectivity index (χ1n) is 6.23. The monoisotopic (exact) mass is 387 g/mol. The molecule has 0 amide bonds. The third-order valence-electron chi connectivity index (χ3n) is 2.83. The van der Waals surface area contributed by atoms with Crippen LogP contribution < -0.4 is 0 Å². The Labute approximate surface area is 151 Å². The molecule has 1 radical (unpaired) electrons. The molecule has 0 aromatic rings. The number of aliphatic hydroxyl groups is 2. The molecule has 1 unspecified atom stereocenters. The van der Waals surface area contributed by atoms with Crippen molar-refractivity contribution in [1.29, 1.82) is 0 Å². The Morgan fingerprint density at radius 2 is 1.82 bits per heavy atom. The number of piperidine rings is 1. The second-order valence-electron chi connectivity index (χ2n) is 4.15. The van der Waals surface area contributed by atoms with Crippen LogP contribution in [0.1, 0.15) is 19.3 Å². The molecule has 22 heavy (non-hydrogen) atoms. The van der Waals surface area contributed by atoms with Crippen molar-refractivity contribution in [2.75, 3.05) is 13.1 Å². The first-order valence-corrected chi connectivity index (χ1v) is 7.04. The summed E-state index contributed by atoms with van der Waals surface area (Å²) in [6, 6.07) is -0.423. The van der Waals surface area contributed by atoms with E-state index in [1.54, 1.807) is 12.2 Å². The molecule has 0 aromatic carbocycles. The van der Waals surface area contributed by atoms with Gasteiger partial charge in [-0.3, -0.25) is 0 Å². The van der Waals surface area contributed by atoms with E-state index in [1.165, 1.54) is 10.3 Å². The Balaban J connectivity index is 0. The molecule has 0 bridgehead atoms. The van der Waals surface area contributed by atoms with Crippen LogP contribution in [0.25, 0.3) is 21.5 Å². The Morgan fingerprint density at radius 1 is 1.23 bits per heavy atom. The van der Waals surface area contributed by atoms with Crippen LogP contribution in [0, 0.1) is 0 Å². The first-order chi connectivity index (χ1) is 10.0. The Bertz CT molecular complexity index is 425. The van der Waals surface area contributed by atoms with Gasteiger partial charge in [0.15, 0.2) is 5.79 Å². The molecule has 0 aliphatic carbocycles. The molecule has 2 aliphatic rings. The van der Waals surface area contributed by atoms with Crippen molar-refractivity contribution in [3.8, 4) is 0 Å². The number of rotatable bonds is 2. The molecule has 2 heterocycles. The molecule has 0 aromatic heterocycles. The van der Waals surface area contributed by atoms with Gasteiger partial charge in [-0.05, 0) is 0 Å². The second-order valence-corrected chi connectivity index (χ2v) is 4.51. The van der Waals surface area contributed by atoms with Crippen LogP contribution in [-0.4, -0.2) is 45.5 Å². The Morgan fingerprint density at radius 3 is 2.23 bits per heavy atom. The summed E-state index contributed by atoms with van der Waals surface area (Å²) in [5, 5.41) is 45.3. The van der Waals surface area contributed by atoms with Gasteiger partial charge in [-0.2, -0.15) is 10.3 Å². The number of hydrogen-bond acceptors (Lipinski definition) is 4. The molecular weight excluding hydrogens is 372 g/mol. The van der Waals surface area contributed by atoms with Crippen LogP contribution in [-0.2, 0) is 17.1 Å². The van der Waals surface area contributed by atoms with E-state index in [4.69, 9.17) is 10.8 Å². The average Bonchev–Trinajstić information content (AvgIpc) is 2.51. The molecule has 1 saturated heterocycles. The van der Waals surface area contributed by atoms with Crippen LogP contribution in [0.2, 0.25) is 0 Å². The van der Waals surface area contributed by atoms with E-state index in [0.717, 1.165) is 25.8 Å². The summed E-state index contributed by atoms with van der Waals surface area (Å²) in [5.74, 6) is -1.88. The molecule has 127 valence electrons. The number of hydrogen-bond donors (Lipinski definition) is 2. The maximum Gasteiger partial charge on any atom is 0.152 e. The van der Waals surface area contributed by atoms with Crippen LogP contribution in [0.15, 0.2) is 23.9 Å². The van der Waals surface area contributed by atoms with Gasteiger partial charge in [0.05, 0.1) is 0 Å². The van der Waals surface area contributed by atoms with Crippen molar-refractivity contribution in [3.63, 3.8) is 0 Å². The summed E-state index contributed by atoms with van der Waals surface area (Å²) in [7, 11) is 0. The molecule has 6 nitrogen and oxygen atoms in total. The maximum atomic E-state index is 10.0. The van der Waals surface area contributed by atoms with Crippen molar-refractivity contribution in [2.45, 2.75) is 31.1 Å². The smallest absolute Gasteiger partial charge is 0.152 e. The number of thiocarbonyl (C=S) groups is 2. The van der Waals surface area contributed by atoms with Gasteiger partial charge in [-0.1, -0.05) is 61.9 Å². The molecule has 9 heteroatoms. The van der Waals surface area contributed by atoms with E-state index in [1.807, 2.05) is 6.08 Å². The van der Waals surface area contributed by atoms with E-state index >= 15 is 0 Å². The standard InChI is InChI=1S/C11H16N2O2.2CNS.Cu/c14-11(15,9-5-1-3-7-12-9)10-6-2-4-8-13-10;2*2-1-3;/h1,3,5,10,14-15H,2,4,6-8H2;;;/q-2;2*-1;. The van der Waals surface area contributed by atoms with Gasteiger partial charge in [0.2, 0.25) is 0 Å². The van der Waals surface area contributed by atoms with E-state index < -0.39 is 11.8 Å². The fourth-order valence-corrected chi connectivity index (χ4v) is 1.95. The molecule has 0 saturated carbocycles. The summed E-state index contributed by atoms with van der Waals surface area (Å²) >= 11 is 7.40. The molecule has 1 fully saturated rings.